The zero-order chi connectivity index (χ0) is 11.1. The van der Waals surface area contributed by atoms with Crippen molar-refractivity contribution in [3.63, 3.8) is 0 Å². The molecule has 0 heterocycles. The number of hydroxylamine groups is 1. The van der Waals surface area contributed by atoms with Gasteiger partial charge in [-0.15, -0.1) is 0 Å². The monoisotopic (exact) mass is 202 g/mol. The van der Waals surface area contributed by atoms with Crippen molar-refractivity contribution in [1.29, 1.82) is 0 Å². The lowest BCUT2D eigenvalue weighted by Gasteiger charge is -2.08. The van der Waals surface area contributed by atoms with E-state index in [0.717, 1.165) is 0 Å². The maximum Gasteiger partial charge on any atom is 0.292 e. The van der Waals surface area contributed by atoms with Gasteiger partial charge >= 0.3 is 0 Å². The second-order valence-corrected chi connectivity index (χ2v) is 3.43. The van der Waals surface area contributed by atoms with Crippen LogP contribution in [0.25, 0.3) is 0 Å². The van der Waals surface area contributed by atoms with Gasteiger partial charge in [0.1, 0.15) is 11.8 Å². The van der Waals surface area contributed by atoms with Crippen LogP contribution in [-0.4, -0.2) is 23.8 Å². The Bertz CT molecular complexity index is 212. The number of nitrogens with zero attached hydrogens (tertiary/aromatic N) is 1. The molecule has 0 aliphatic rings. The molecule has 82 valence electrons. The standard InChI is InChI=1S/C9H18N2O3/c1-6(2)13-10-8(5)9(12)11-14-7(3)4/h6-7H,1-5H3,(H,11,12). The van der Waals surface area contributed by atoms with E-state index < -0.39 is 0 Å². The van der Waals surface area contributed by atoms with Crippen LogP contribution in [0.5, 0.6) is 0 Å². The predicted molar refractivity (Wildman–Crippen MR) is 53.7 cm³/mol. The second-order valence-electron chi connectivity index (χ2n) is 3.43. The molecule has 14 heavy (non-hydrogen) atoms. The van der Waals surface area contributed by atoms with Crippen LogP contribution >= 0.6 is 0 Å². The van der Waals surface area contributed by atoms with Gasteiger partial charge in [-0.05, 0) is 34.6 Å². The number of carbonyl (C=O) groups excluding carboxylic acids is 1. The lowest BCUT2D eigenvalue weighted by Crippen LogP contribution is -2.32. The zero-order valence-electron chi connectivity index (χ0n) is 9.33. The lowest BCUT2D eigenvalue weighted by atomic mass is 10.4. The molecule has 0 aromatic heterocycles. The minimum Gasteiger partial charge on any atom is -0.393 e. The molecule has 0 fully saturated rings. The van der Waals surface area contributed by atoms with E-state index >= 15 is 0 Å². The number of carbonyl (C=O) groups is 1. The molecule has 1 amide bonds. The third-order valence-electron chi connectivity index (χ3n) is 1.12. The van der Waals surface area contributed by atoms with Crippen molar-refractivity contribution >= 4 is 11.6 Å². The second kappa shape index (κ2) is 6.37. The van der Waals surface area contributed by atoms with Gasteiger partial charge in [0.15, 0.2) is 0 Å². The summed E-state index contributed by atoms with van der Waals surface area (Å²) < 4.78 is 0. The van der Waals surface area contributed by atoms with Crippen molar-refractivity contribution < 1.29 is 14.5 Å². The molecular weight excluding hydrogens is 184 g/mol. The lowest BCUT2D eigenvalue weighted by molar-refractivity contribution is -0.130. The van der Waals surface area contributed by atoms with Crippen molar-refractivity contribution in [3.05, 3.63) is 0 Å². The van der Waals surface area contributed by atoms with Crippen LogP contribution in [-0.2, 0) is 14.5 Å². The van der Waals surface area contributed by atoms with Crippen LogP contribution in [0, 0.1) is 0 Å². The molecule has 0 bridgehead atoms. The van der Waals surface area contributed by atoms with Gasteiger partial charge in [0.05, 0.1) is 6.10 Å². The fourth-order valence-corrected chi connectivity index (χ4v) is 0.471. The Morgan fingerprint density at radius 3 is 2.21 bits per heavy atom. The zero-order valence-corrected chi connectivity index (χ0v) is 9.33. The van der Waals surface area contributed by atoms with Gasteiger partial charge in [-0.1, -0.05) is 5.16 Å². The highest BCUT2D eigenvalue weighted by atomic mass is 16.7. The number of oxime groups is 1. The first-order valence-electron chi connectivity index (χ1n) is 4.60. The molecule has 0 saturated heterocycles. The highest BCUT2D eigenvalue weighted by molar-refractivity contribution is 6.37. The van der Waals surface area contributed by atoms with E-state index in [4.69, 9.17) is 9.68 Å². The summed E-state index contributed by atoms with van der Waals surface area (Å²) in [7, 11) is 0. The predicted octanol–water partition coefficient (Wildman–Crippen LogP) is 1.24. The van der Waals surface area contributed by atoms with Crippen LogP contribution in [0.1, 0.15) is 34.6 Å². The molecule has 0 aliphatic carbocycles. The van der Waals surface area contributed by atoms with Gasteiger partial charge < -0.3 is 4.84 Å². The Morgan fingerprint density at radius 1 is 1.21 bits per heavy atom. The fraction of sp³-hybridized carbons (Fsp3) is 0.778. The van der Waals surface area contributed by atoms with Gasteiger partial charge in [0.2, 0.25) is 0 Å². The third kappa shape index (κ3) is 6.42. The highest BCUT2D eigenvalue weighted by Crippen LogP contribution is 1.90. The number of amides is 1. The van der Waals surface area contributed by atoms with Gasteiger partial charge in [-0.3, -0.25) is 9.63 Å². The summed E-state index contributed by atoms with van der Waals surface area (Å²) in [6.45, 7) is 8.86. The molecule has 0 aromatic carbocycles. The van der Waals surface area contributed by atoms with Crippen LogP contribution in [0.4, 0.5) is 0 Å². The van der Waals surface area contributed by atoms with Gasteiger partial charge in [-0.25, -0.2) is 5.48 Å². The van der Waals surface area contributed by atoms with Crippen molar-refractivity contribution in [1.82, 2.24) is 5.48 Å². The molecule has 1 N–H and O–H groups in total. The Morgan fingerprint density at radius 2 is 1.79 bits per heavy atom. The Hall–Kier alpha value is -1.10. The van der Waals surface area contributed by atoms with Crippen molar-refractivity contribution in [2.24, 2.45) is 5.16 Å². The molecule has 0 spiro atoms. The first kappa shape index (κ1) is 12.9. The van der Waals surface area contributed by atoms with Gasteiger partial charge in [0, 0.05) is 0 Å². The summed E-state index contributed by atoms with van der Waals surface area (Å²) in [5, 5.41) is 3.63. The molecule has 5 heteroatoms. The van der Waals surface area contributed by atoms with Crippen LogP contribution in [0.3, 0.4) is 0 Å². The van der Waals surface area contributed by atoms with E-state index in [0.29, 0.717) is 0 Å². The summed E-state index contributed by atoms with van der Waals surface area (Å²) in [4.78, 5) is 21.0. The fourth-order valence-electron chi connectivity index (χ4n) is 0.471. The highest BCUT2D eigenvalue weighted by Gasteiger charge is 2.07. The third-order valence-corrected chi connectivity index (χ3v) is 1.12. The van der Waals surface area contributed by atoms with E-state index in [2.05, 4.69) is 10.6 Å². The van der Waals surface area contributed by atoms with Crippen molar-refractivity contribution in [2.45, 2.75) is 46.8 Å². The summed E-state index contributed by atoms with van der Waals surface area (Å²) in [5.41, 5.74) is 2.49. The smallest absolute Gasteiger partial charge is 0.292 e. The summed E-state index contributed by atoms with van der Waals surface area (Å²) in [5.74, 6) is -0.389. The van der Waals surface area contributed by atoms with Crippen LogP contribution in [0.15, 0.2) is 5.16 Å². The molecule has 0 aromatic rings. The van der Waals surface area contributed by atoms with Crippen molar-refractivity contribution in [2.75, 3.05) is 0 Å². The number of rotatable bonds is 5. The van der Waals surface area contributed by atoms with Crippen LogP contribution < -0.4 is 5.48 Å². The summed E-state index contributed by atoms with van der Waals surface area (Å²) >= 11 is 0. The van der Waals surface area contributed by atoms with E-state index in [1.54, 1.807) is 6.92 Å². The Labute approximate surface area is 84.4 Å². The minimum absolute atomic E-state index is 0.0382. The molecule has 0 radical (unpaired) electrons. The number of hydrogen-bond donors (Lipinski definition) is 1. The molecule has 0 atom stereocenters. The molecule has 0 rings (SSSR count). The van der Waals surface area contributed by atoms with E-state index in [-0.39, 0.29) is 23.8 Å². The molecule has 5 nitrogen and oxygen atoms in total. The Balaban J connectivity index is 3.92. The maximum absolute atomic E-state index is 11.2. The SMILES string of the molecule is CC(=NOC(C)C)C(=O)NOC(C)C. The number of nitrogens with one attached hydrogen (secondary N) is 1. The Kier molecular flexibility index (Phi) is 5.87. The first-order chi connectivity index (χ1) is 6.43. The molecule has 0 unspecified atom stereocenters. The summed E-state index contributed by atoms with van der Waals surface area (Å²) in [6, 6.07) is 0. The molecule has 0 aliphatic heterocycles. The molecular formula is C9H18N2O3. The minimum atomic E-state index is -0.389. The average Bonchev–Trinajstić information content (AvgIpc) is 2.09. The van der Waals surface area contributed by atoms with Gasteiger partial charge in [-0.2, -0.15) is 0 Å². The van der Waals surface area contributed by atoms with Crippen LogP contribution in [0.2, 0.25) is 0 Å². The topological polar surface area (TPSA) is 59.9 Å². The summed E-state index contributed by atoms with van der Waals surface area (Å²) in [6.07, 6.45) is -0.0958. The quantitative estimate of drug-likeness (QED) is 0.539. The van der Waals surface area contributed by atoms with E-state index in [1.807, 2.05) is 27.7 Å². The van der Waals surface area contributed by atoms with E-state index in [9.17, 15) is 4.79 Å². The largest absolute Gasteiger partial charge is 0.393 e. The van der Waals surface area contributed by atoms with Gasteiger partial charge in [0.25, 0.3) is 5.91 Å². The maximum atomic E-state index is 11.2. The molecule has 0 saturated carbocycles. The number of hydrogen-bond acceptors (Lipinski definition) is 4. The van der Waals surface area contributed by atoms with Crippen molar-refractivity contribution in [3.8, 4) is 0 Å². The normalized spacial score (nSPS) is 12.1. The van der Waals surface area contributed by atoms with E-state index in [1.165, 1.54) is 0 Å². The average molecular weight is 202 g/mol. The first-order valence-corrected chi connectivity index (χ1v) is 4.60.